The highest BCUT2D eigenvalue weighted by molar-refractivity contribution is 5.90. The molecule has 1 amide bonds. The van der Waals surface area contributed by atoms with Crippen LogP contribution in [0, 0.1) is 13.8 Å². The number of benzene rings is 1. The molecular weight excluding hydrogens is 342 g/mol. The standard InChI is InChI=1S/C21H23N3O3/c1-4-6-19(25)22-16-9-8-14(2)18(11-16)27-13-17-12-20(26)24-10-5-7-15(3)21(24)23-17/h5,7-12H,4,6,13H2,1-3H3,(H,22,25). The van der Waals surface area contributed by atoms with E-state index < -0.39 is 0 Å². The van der Waals surface area contributed by atoms with Gasteiger partial charge in [-0.3, -0.25) is 14.0 Å². The van der Waals surface area contributed by atoms with Crippen LogP contribution in [0.5, 0.6) is 5.75 Å². The first kappa shape index (κ1) is 18.6. The molecule has 6 heteroatoms. The van der Waals surface area contributed by atoms with Gasteiger partial charge in [0.1, 0.15) is 18.0 Å². The maximum Gasteiger partial charge on any atom is 0.258 e. The molecule has 0 saturated carbocycles. The van der Waals surface area contributed by atoms with E-state index in [-0.39, 0.29) is 18.1 Å². The summed E-state index contributed by atoms with van der Waals surface area (Å²) in [6.45, 7) is 5.98. The van der Waals surface area contributed by atoms with Crippen molar-refractivity contribution >= 4 is 17.2 Å². The van der Waals surface area contributed by atoms with Gasteiger partial charge in [0.2, 0.25) is 5.91 Å². The fraction of sp³-hybridized carbons (Fsp3) is 0.286. The lowest BCUT2D eigenvalue weighted by atomic mass is 10.2. The minimum atomic E-state index is -0.139. The Morgan fingerprint density at radius 2 is 2.00 bits per heavy atom. The molecule has 0 saturated heterocycles. The molecule has 140 valence electrons. The zero-order valence-electron chi connectivity index (χ0n) is 15.8. The average molecular weight is 365 g/mol. The fourth-order valence-corrected chi connectivity index (χ4v) is 2.82. The van der Waals surface area contributed by atoms with Crippen LogP contribution in [0.15, 0.2) is 47.4 Å². The Morgan fingerprint density at radius 1 is 1.19 bits per heavy atom. The molecule has 0 atom stereocenters. The molecule has 1 aromatic carbocycles. The predicted molar refractivity (Wildman–Crippen MR) is 105 cm³/mol. The molecule has 0 unspecified atom stereocenters. The molecule has 3 aromatic rings. The van der Waals surface area contributed by atoms with Crippen LogP contribution in [0.4, 0.5) is 5.69 Å². The van der Waals surface area contributed by atoms with Crippen molar-refractivity contribution < 1.29 is 9.53 Å². The van der Waals surface area contributed by atoms with E-state index in [0.29, 0.717) is 29.2 Å². The summed E-state index contributed by atoms with van der Waals surface area (Å²) in [5.41, 5.74) is 3.61. The van der Waals surface area contributed by atoms with Crippen molar-refractivity contribution in [2.75, 3.05) is 5.32 Å². The molecule has 1 N–H and O–H groups in total. The monoisotopic (exact) mass is 365 g/mol. The lowest BCUT2D eigenvalue weighted by Gasteiger charge is -2.12. The van der Waals surface area contributed by atoms with Crippen LogP contribution >= 0.6 is 0 Å². The van der Waals surface area contributed by atoms with Crippen LogP contribution in [0.1, 0.15) is 36.6 Å². The van der Waals surface area contributed by atoms with Crippen LogP contribution in [-0.4, -0.2) is 15.3 Å². The number of hydrogen-bond donors (Lipinski definition) is 1. The Hall–Kier alpha value is -3.15. The van der Waals surface area contributed by atoms with Gasteiger partial charge in [0.15, 0.2) is 0 Å². The minimum Gasteiger partial charge on any atom is -0.487 e. The van der Waals surface area contributed by atoms with Crippen molar-refractivity contribution in [2.24, 2.45) is 0 Å². The third-order valence-corrected chi connectivity index (χ3v) is 4.26. The topological polar surface area (TPSA) is 72.7 Å². The molecule has 3 rings (SSSR count). The van der Waals surface area contributed by atoms with E-state index in [9.17, 15) is 9.59 Å². The second kappa shape index (κ2) is 8.03. The van der Waals surface area contributed by atoms with E-state index >= 15 is 0 Å². The number of aromatic nitrogens is 2. The first-order chi connectivity index (χ1) is 13.0. The van der Waals surface area contributed by atoms with E-state index in [1.165, 1.54) is 10.5 Å². The Bertz CT molecular complexity index is 1040. The first-order valence-electron chi connectivity index (χ1n) is 8.99. The highest BCUT2D eigenvalue weighted by Gasteiger charge is 2.08. The summed E-state index contributed by atoms with van der Waals surface area (Å²) in [5.74, 6) is 0.628. The van der Waals surface area contributed by atoms with Gasteiger partial charge in [-0.05, 0) is 43.5 Å². The van der Waals surface area contributed by atoms with Gasteiger partial charge in [0.05, 0.1) is 5.69 Å². The molecule has 27 heavy (non-hydrogen) atoms. The van der Waals surface area contributed by atoms with Gasteiger partial charge in [0.25, 0.3) is 5.56 Å². The number of fused-ring (bicyclic) bond motifs is 1. The zero-order chi connectivity index (χ0) is 19.4. The summed E-state index contributed by atoms with van der Waals surface area (Å²) in [7, 11) is 0. The molecule has 6 nitrogen and oxygen atoms in total. The number of amides is 1. The summed E-state index contributed by atoms with van der Waals surface area (Å²) in [6, 6.07) is 10.8. The lowest BCUT2D eigenvalue weighted by Crippen LogP contribution is -2.17. The molecular formula is C21H23N3O3. The van der Waals surface area contributed by atoms with E-state index in [1.54, 1.807) is 12.3 Å². The lowest BCUT2D eigenvalue weighted by molar-refractivity contribution is -0.116. The number of pyridine rings is 1. The Labute approximate surface area is 157 Å². The summed E-state index contributed by atoms with van der Waals surface area (Å²) in [6.07, 6.45) is 2.98. The first-order valence-corrected chi connectivity index (χ1v) is 8.99. The van der Waals surface area contributed by atoms with Crippen molar-refractivity contribution in [3.05, 3.63) is 69.8 Å². The maximum atomic E-state index is 12.3. The summed E-state index contributed by atoms with van der Waals surface area (Å²) in [4.78, 5) is 28.6. The van der Waals surface area contributed by atoms with Crippen LogP contribution in [0.25, 0.3) is 5.65 Å². The highest BCUT2D eigenvalue weighted by Crippen LogP contribution is 2.23. The van der Waals surface area contributed by atoms with E-state index in [0.717, 1.165) is 17.5 Å². The van der Waals surface area contributed by atoms with Crippen molar-refractivity contribution in [3.63, 3.8) is 0 Å². The van der Waals surface area contributed by atoms with Crippen molar-refractivity contribution in [3.8, 4) is 5.75 Å². The van der Waals surface area contributed by atoms with Crippen molar-refractivity contribution in [1.82, 2.24) is 9.38 Å². The molecule has 0 fully saturated rings. The second-order valence-corrected chi connectivity index (χ2v) is 6.54. The molecule has 0 spiro atoms. The molecule has 0 bridgehead atoms. The van der Waals surface area contributed by atoms with Crippen molar-refractivity contribution in [2.45, 2.75) is 40.2 Å². The predicted octanol–water partition coefficient (Wildman–Crippen LogP) is 3.63. The van der Waals surface area contributed by atoms with E-state index in [1.807, 2.05) is 45.0 Å². The number of nitrogens with zero attached hydrogens (tertiary/aromatic N) is 2. The van der Waals surface area contributed by atoms with Gasteiger partial charge in [-0.2, -0.15) is 0 Å². The van der Waals surface area contributed by atoms with Crippen LogP contribution < -0.4 is 15.6 Å². The number of carbonyl (C=O) groups excluding carboxylic acids is 1. The SMILES string of the molecule is CCCC(=O)Nc1ccc(C)c(OCc2cc(=O)n3cccc(C)c3n2)c1. The van der Waals surface area contributed by atoms with Crippen LogP contribution in [-0.2, 0) is 11.4 Å². The molecule has 2 aromatic heterocycles. The Balaban J connectivity index is 1.80. The van der Waals surface area contributed by atoms with Crippen LogP contribution in [0.3, 0.4) is 0 Å². The second-order valence-electron chi connectivity index (χ2n) is 6.54. The molecule has 0 aliphatic rings. The van der Waals surface area contributed by atoms with Gasteiger partial charge in [-0.25, -0.2) is 4.98 Å². The van der Waals surface area contributed by atoms with Gasteiger partial charge >= 0.3 is 0 Å². The number of carbonyl (C=O) groups is 1. The summed E-state index contributed by atoms with van der Waals surface area (Å²) in [5, 5.41) is 2.86. The molecule has 0 aliphatic carbocycles. The Kier molecular flexibility index (Phi) is 5.54. The molecule has 2 heterocycles. The van der Waals surface area contributed by atoms with Crippen LogP contribution in [0.2, 0.25) is 0 Å². The molecule has 0 radical (unpaired) electrons. The molecule has 0 aliphatic heterocycles. The smallest absolute Gasteiger partial charge is 0.258 e. The largest absolute Gasteiger partial charge is 0.487 e. The number of ether oxygens (including phenoxy) is 1. The number of hydrogen-bond acceptors (Lipinski definition) is 4. The number of aryl methyl sites for hydroxylation is 2. The normalized spacial score (nSPS) is 10.8. The maximum absolute atomic E-state index is 12.3. The van der Waals surface area contributed by atoms with E-state index in [4.69, 9.17) is 4.74 Å². The minimum absolute atomic E-state index is 0.0213. The van der Waals surface area contributed by atoms with Gasteiger partial charge in [0, 0.05) is 30.4 Å². The van der Waals surface area contributed by atoms with Crippen molar-refractivity contribution in [1.29, 1.82) is 0 Å². The Morgan fingerprint density at radius 3 is 2.78 bits per heavy atom. The van der Waals surface area contributed by atoms with E-state index in [2.05, 4.69) is 10.3 Å². The number of anilines is 1. The van der Waals surface area contributed by atoms with Gasteiger partial charge in [-0.1, -0.05) is 19.1 Å². The third-order valence-electron chi connectivity index (χ3n) is 4.26. The summed E-state index contributed by atoms with van der Waals surface area (Å²) >= 11 is 0. The number of rotatable bonds is 6. The third kappa shape index (κ3) is 4.34. The summed E-state index contributed by atoms with van der Waals surface area (Å²) < 4.78 is 7.41. The van der Waals surface area contributed by atoms with Gasteiger partial charge < -0.3 is 10.1 Å². The number of nitrogens with one attached hydrogen (secondary N) is 1. The quantitative estimate of drug-likeness (QED) is 0.724. The fourth-order valence-electron chi connectivity index (χ4n) is 2.82. The average Bonchev–Trinajstić information content (AvgIpc) is 2.63. The highest BCUT2D eigenvalue weighted by atomic mass is 16.5. The zero-order valence-corrected chi connectivity index (χ0v) is 15.8. The van der Waals surface area contributed by atoms with Gasteiger partial charge in [-0.15, -0.1) is 0 Å².